The molecule has 1 N–H and O–H groups in total. The highest BCUT2D eigenvalue weighted by Gasteiger charge is 2.16. The molecule has 134 valence electrons. The minimum Gasteiger partial charge on any atom is -0.493 e. The third-order valence-corrected chi connectivity index (χ3v) is 5.92. The smallest absolute Gasteiger partial charge is 0.167 e. The number of ether oxygens (including phenoxy) is 1. The number of halogens is 3. The first kappa shape index (κ1) is 20.5. The summed E-state index contributed by atoms with van der Waals surface area (Å²) in [6, 6.07) is 7.26. The lowest BCUT2D eigenvalue weighted by atomic mass is 10.2. The van der Waals surface area contributed by atoms with Crippen molar-refractivity contribution in [2.75, 3.05) is 12.4 Å². The van der Waals surface area contributed by atoms with Crippen molar-refractivity contribution in [3.05, 3.63) is 40.3 Å². The van der Waals surface area contributed by atoms with E-state index in [1.165, 1.54) is 0 Å². The fourth-order valence-electron chi connectivity index (χ4n) is 2.28. The Morgan fingerprint density at radius 1 is 1.20 bits per heavy atom. The van der Waals surface area contributed by atoms with E-state index in [0.29, 0.717) is 22.3 Å². The number of anilines is 2. The van der Waals surface area contributed by atoms with Gasteiger partial charge in [0.25, 0.3) is 0 Å². The van der Waals surface area contributed by atoms with E-state index in [1.807, 2.05) is 37.2 Å². The second kappa shape index (κ2) is 9.21. The van der Waals surface area contributed by atoms with Gasteiger partial charge in [0.15, 0.2) is 11.4 Å². The zero-order chi connectivity index (χ0) is 18.6. The summed E-state index contributed by atoms with van der Waals surface area (Å²) in [6.07, 6.45) is 0.493. The molecule has 1 aromatic carbocycles. The lowest BCUT2D eigenvalue weighted by molar-refractivity contribution is 0.417. The van der Waals surface area contributed by atoms with Gasteiger partial charge in [-0.15, -0.1) is 0 Å². The summed E-state index contributed by atoms with van der Waals surface area (Å²) in [7, 11) is 1.58. The highest BCUT2D eigenvalue weighted by atomic mass is 127. The molecule has 5 nitrogen and oxygen atoms in total. The molecule has 0 fully saturated rings. The first-order valence-electron chi connectivity index (χ1n) is 7.57. The number of imidazole rings is 1. The number of benzene rings is 1. The average Bonchev–Trinajstić information content (AvgIpc) is 2.92. The van der Waals surface area contributed by atoms with Crippen molar-refractivity contribution < 1.29 is 4.74 Å². The third-order valence-electron chi connectivity index (χ3n) is 3.28. The van der Waals surface area contributed by atoms with Crippen LogP contribution in [0.3, 0.4) is 0 Å². The van der Waals surface area contributed by atoms with Gasteiger partial charge < -0.3 is 10.1 Å². The lowest BCUT2D eigenvalue weighted by Crippen LogP contribution is -1.97. The van der Waals surface area contributed by atoms with Crippen molar-refractivity contribution in [1.29, 1.82) is 0 Å². The number of nitrogens with one attached hydrogen (secondary N) is 1. The van der Waals surface area contributed by atoms with Crippen LogP contribution in [0.2, 0.25) is 10.2 Å². The van der Waals surface area contributed by atoms with Gasteiger partial charge in [-0.05, 0) is 41.1 Å². The summed E-state index contributed by atoms with van der Waals surface area (Å²) in [5.41, 5.74) is 3.02. The van der Waals surface area contributed by atoms with E-state index < -0.39 is 0 Å². The van der Waals surface area contributed by atoms with Crippen LogP contribution in [-0.4, -0.2) is 21.4 Å². The molecule has 0 aliphatic rings. The minimum atomic E-state index is 0.400. The molecule has 0 spiro atoms. The summed E-state index contributed by atoms with van der Waals surface area (Å²) < 4.78 is 7.40. The van der Waals surface area contributed by atoms with Crippen molar-refractivity contribution in [1.82, 2.24) is 14.3 Å². The van der Waals surface area contributed by atoms with Crippen molar-refractivity contribution in [2.45, 2.75) is 20.8 Å². The van der Waals surface area contributed by atoms with Gasteiger partial charge in [-0.1, -0.05) is 43.1 Å². The number of rotatable bonds is 4. The molecule has 0 radical (unpaired) electrons. The van der Waals surface area contributed by atoms with E-state index in [1.54, 1.807) is 19.2 Å². The largest absolute Gasteiger partial charge is 0.493 e. The molecule has 0 saturated carbocycles. The molecule has 0 amide bonds. The molecule has 0 saturated heterocycles. The van der Waals surface area contributed by atoms with Crippen LogP contribution >= 0.6 is 51.6 Å². The Morgan fingerprint density at radius 3 is 2.56 bits per heavy atom. The van der Waals surface area contributed by atoms with Crippen LogP contribution in [0, 0.1) is 6.92 Å². The van der Waals surface area contributed by atoms with Crippen LogP contribution < -0.4 is 10.1 Å². The number of hydrogen-bond donors (Lipinski definition) is 1. The molecule has 9 heteroatoms. The predicted molar refractivity (Wildman–Crippen MR) is 118 cm³/mol. The minimum absolute atomic E-state index is 0.400. The number of fused-ring (bicyclic) bond motifs is 1. The Labute approximate surface area is 171 Å². The molecule has 2 aromatic heterocycles. The van der Waals surface area contributed by atoms with Crippen molar-refractivity contribution >= 4 is 74.2 Å². The highest BCUT2D eigenvalue weighted by Crippen LogP contribution is 2.38. The first-order valence-corrected chi connectivity index (χ1v) is 12.4. The van der Waals surface area contributed by atoms with Gasteiger partial charge in [-0.25, -0.2) is 9.97 Å². The van der Waals surface area contributed by atoms with Crippen LogP contribution in [0.4, 0.5) is 11.4 Å². The molecule has 2 heterocycles. The molecular formula is C16H18Cl2IN4OP. The van der Waals surface area contributed by atoms with Crippen LogP contribution in [0.25, 0.3) is 11.2 Å². The number of hydrogen-bond acceptors (Lipinski definition) is 4. The van der Waals surface area contributed by atoms with Crippen molar-refractivity contribution in [3.63, 3.8) is 0 Å². The van der Waals surface area contributed by atoms with E-state index in [9.17, 15) is 0 Å². The maximum Gasteiger partial charge on any atom is 0.167 e. The Hall–Kier alpha value is -0.820. The number of nitrogens with zero attached hydrogens (tertiary/aromatic N) is 3. The molecule has 1 atom stereocenters. The molecule has 25 heavy (non-hydrogen) atoms. The molecule has 0 bridgehead atoms. The average molecular weight is 511 g/mol. The first-order chi connectivity index (χ1) is 12.0. The zero-order valence-electron chi connectivity index (χ0n) is 14.2. The van der Waals surface area contributed by atoms with Gasteiger partial charge in [-0.3, -0.25) is 4.34 Å². The molecule has 0 aliphatic heterocycles. The number of methoxy groups -OCH3 is 1. The number of aryl methyl sites for hydroxylation is 1. The summed E-state index contributed by atoms with van der Waals surface area (Å²) in [5.74, 6) is 1.46. The standard InChI is InChI=1S/C14H12Cl2IN4OP.C2H6/c1-7-18-12-10(6-11(16)20-14(12)21(7)23-17)19-9-5-3-4-8(15)13(9)22-2;1-2/h3-6,23H,1-2H3,(H,19,20);1-2H3. The van der Waals surface area contributed by atoms with E-state index in [2.05, 4.69) is 37.3 Å². The van der Waals surface area contributed by atoms with Gasteiger partial charge in [0.1, 0.15) is 16.5 Å². The molecule has 1 unspecified atom stereocenters. The van der Waals surface area contributed by atoms with Crippen LogP contribution in [0.1, 0.15) is 19.7 Å². The zero-order valence-corrected chi connectivity index (χ0v) is 18.9. The Bertz CT molecular complexity index is 888. The summed E-state index contributed by atoms with van der Waals surface area (Å²) in [4.78, 5) is 9.01. The summed E-state index contributed by atoms with van der Waals surface area (Å²) in [5, 5.41) is 4.24. The van der Waals surface area contributed by atoms with E-state index in [4.69, 9.17) is 27.9 Å². The van der Waals surface area contributed by atoms with Crippen LogP contribution in [-0.2, 0) is 0 Å². The highest BCUT2D eigenvalue weighted by molar-refractivity contribution is 14.2. The molecule has 3 rings (SSSR count). The number of para-hydroxylation sites is 1. The molecule has 3 aromatic rings. The lowest BCUT2D eigenvalue weighted by Gasteiger charge is -2.13. The van der Waals surface area contributed by atoms with Crippen molar-refractivity contribution in [2.24, 2.45) is 0 Å². The maximum absolute atomic E-state index is 6.18. The molecular weight excluding hydrogens is 493 g/mol. The van der Waals surface area contributed by atoms with Crippen LogP contribution in [0.5, 0.6) is 5.75 Å². The van der Waals surface area contributed by atoms with Gasteiger partial charge in [-0.2, -0.15) is 0 Å². The monoisotopic (exact) mass is 510 g/mol. The van der Waals surface area contributed by atoms with Gasteiger partial charge in [0.05, 0.1) is 29.9 Å². The maximum atomic E-state index is 6.18. The second-order valence-electron chi connectivity index (χ2n) is 4.69. The second-order valence-corrected chi connectivity index (χ2v) is 7.55. The topological polar surface area (TPSA) is 52.0 Å². The van der Waals surface area contributed by atoms with Gasteiger partial charge in [0.2, 0.25) is 0 Å². The van der Waals surface area contributed by atoms with Gasteiger partial charge >= 0.3 is 0 Å². The summed E-state index contributed by atoms with van der Waals surface area (Å²) in [6.45, 7) is 5.95. The van der Waals surface area contributed by atoms with Gasteiger partial charge in [0, 0.05) is 6.07 Å². The van der Waals surface area contributed by atoms with E-state index in [0.717, 1.165) is 28.4 Å². The normalized spacial score (nSPS) is 10.8. The third kappa shape index (κ3) is 4.30. The predicted octanol–water partition coefficient (Wildman–Crippen LogP) is 6.62. The fourth-order valence-corrected chi connectivity index (χ4v) is 4.86. The summed E-state index contributed by atoms with van der Waals surface area (Å²) >= 11 is 14.7. The fraction of sp³-hybridized carbons (Fsp3) is 0.250. The van der Waals surface area contributed by atoms with Crippen molar-refractivity contribution in [3.8, 4) is 5.75 Å². The van der Waals surface area contributed by atoms with E-state index in [-0.39, 0.29) is 0 Å². The van der Waals surface area contributed by atoms with E-state index >= 15 is 0 Å². The Balaban J connectivity index is 0.00000109. The number of pyridine rings is 1. The van der Waals surface area contributed by atoms with Crippen LogP contribution in [0.15, 0.2) is 24.3 Å². The Kier molecular flexibility index (Phi) is 7.55. The Morgan fingerprint density at radius 2 is 1.92 bits per heavy atom. The quantitative estimate of drug-likeness (QED) is 0.243. The number of aromatic nitrogens is 3. The SMILES string of the molecule is CC.COc1c(Cl)cccc1Nc1cc(Cl)nc2c1nc(C)n2PI. The molecule has 0 aliphatic carbocycles.